The van der Waals surface area contributed by atoms with Crippen LogP contribution < -0.4 is 15.4 Å². The molecule has 0 spiro atoms. The van der Waals surface area contributed by atoms with Crippen molar-refractivity contribution in [2.75, 3.05) is 44.3 Å². The van der Waals surface area contributed by atoms with Crippen LogP contribution in [0.15, 0.2) is 83.8 Å². The summed E-state index contributed by atoms with van der Waals surface area (Å²) in [6.45, 7) is 1.55. The van der Waals surface area contributed by atoms with E-state index in [4.69, 9.17) is 9.47 Å². The largest absolute Gasteiger partial charge is 0.497 e. The maximum absolute atomic E-state index is 13.4. The number of amides is 3. The lowest BCUT2D eigenvalue weighted by Crippen LogP contribution is -2.44. The van der Waals surface area contributed by atoms with Crippen molar-refractivity contribution in [2.45, 2.75) is 30.1 Å². The minimum Gasteiger partial charge on any atom is -0.497 e. The number of benzene rings is 3. The third-order valence-electron chi connectivity index (χ3n) is 6.57. The first-order valence-electron chi connectivity index (χ1n) is 12.7. The summed E-state index contributed by atoms with van der Waals surface area (Å²) in [5, 5.41) is 5.92. The lowest BCUT2D eigenvalue weighted by Gasteiger charge is -2.26. The smallest absolute Gasteiger partial charge is 0.318 e. The SMILES string of the molecule is COc1ccc(C(NC(=O)N2CCC(OCc3ccccc3)C2)C(=O)Nc2ccc(S(C)(C)C)cc2)cc1. The van der Waals surface area contributed by atoms with Crippen molar-refractivity contribution >= 4 is 27.7 Å². The van der Waals surface area contributed by atoms with E-state index >= 15 is 0 Å². The number of hydrogen-bond donors (Lipinski definition) is 2. The number of likely N-dealkylation sites (tertiary alicyclic amines) is 1. The highest BCUT2D eigenvalue weighted by Gasteiger charge is 2.30. The van der Waals surface area contributed by atoms with Crippen LogP contribution in [-0.2, 0) is 16.1 Å². The second-order valence-corrected chi connectivity index (χ2v) is 14.3. The van der Waals surface area contributed by atoms with Gasteiger partial charge in [-0.15, -0.1) is 0 Å². The fraction of sp³-hybridized carbons (Fsp3) is 0.333. The summed E-state index contributed by atoms with van der Waals surface area (Å²) in [4.78, 5) is 29.6. The van der Waals surface area contributed by atoms with Gasteiger partial charge in [-0.2, -0.15) is 0 Å². The third kappa shape index (κ3) is 7.30. The molecule has 3 amide bonds. The van der Waals surface area contributed by atoms with Crippen molar-refractivity contribution in [3.63, 3.8) is 0 Å². The predicted octanol–water partition coefficient (Wildman–Crippen LogP) is 5.43. The van der Waals surface area contributed by atoms with Gasteiger partial charge in [0, 0.05) is 18.8 Å². The van der Waals surface area contributed by atoms with Crippen LogP contribution in [0, 0.1) is 0 Å². The van der Waals surface area contributed by atoms with E-state index in [1.165, 1.54) is 4.90 Å². The van der Waals surface area contributed by atoms with Gasteiger partial charge in [-0.3, -0.25) is 4.79 Å². The molecular formula is C30H37N3O4S. The average molecular weight is 536 g/mol. The standard InChI is InChI=1S/C30H37N3O4S/c1-36-25-14-10-23(11-15-25)28(29(34)31-24-12-16-27(17-13-24)38(2,3)4)32-30(35)33-19-18-26(20-33)37-21-22-8-6-5-7-9-22/h5-17,26,28H,18-21H2,1-4H3,(H,31,34)(H,32,35). The molecule has 1 saturated heterocycles. The molecule has 0 aromatic heterocycles. The number of hydrogen-bond acceptors (Lipinski definition) is 4. The van der Waals surface area contributed by atoms with Gasteiger partial charge in [-0.05, 0) is 77.6 Å². The number of rotatable bonds is 9. The number of nitrogens with zero attached hydrogens (tertiary/aromatic N) is 1. The summed E-state index contributed by atoms with van der Waals surface area (Å²) in [5.41, 5.74) is 2.46. The predicted molar refractivity (Wildman–Crippen MR) is 154 cm³/mol. The Bertz CT molecular complexity index is 1210. The van der Waals surface area contributed by atoms with E-state index in [1.807, 2.05) is 54.6 Å². The van der Waals surface area contributed by atoms with Crippen LogP contribution in [0.3, 0.4) is 0 Å². The molecule has 3 aromatic rings. The molecule has 2 unspecified atom stereocenters. The number of nitrogens with one attached hydrogen (secondary N) is 2. The van der Waals surface area contributed by atoms with E-state index in [0.717, 1.165) is 12.0 Å². The second kappa shape index (κ2) is 12.4. The molecule has 0 radical (unpaired) electrons. The van der Waals surface area contributed by atoms with Gasteiger partial charge in [0.05, 0.1) is 19.8 Å². The van der Waals surface area contributed by atoms with E-state index in [-0.39, 0.29) is 18.0 Å². The quantitative estimate of drug-likeness (QED) is 0.383. The number of urea groups is 1. The molecule has 1 aliphatic rings. The zero-order chi connectivity index (χ0) is 27.1. The van der Waals surface area contributed by atoms with Crippen molar-refractivity contribution in [3.8, 4) is 5.75 Å². The van der Waals surface area contributed by atoms with Gasteiger partial charge < -0.3 is 25.0 Å². The fourth-order valence-corrected chi connectivity index (χ4v) is 5.26. The van der Waals surface area contributed by atoms with E-state index in [0.29, 0.717) is 36.7 Å². The average Bonchev–Trinajstić information content (AvgIpc) is 3.40. The van der Waals surface area contributed by atoms with Crippen LogP contribution in [-0.4, -0.2) is 61.9 Å². The Balaban J connectivity index is 1.42. The van der Waals surface area contributed by atoms with Crippen molar-refractivity contribution in [1.82, 2.24) is 10.2 Å². The molecule has 4 rings (SSSR count). The molecule has 202 valence electrons. The van der Waals surface area contributed by atoms with E-state index < -0.39 is 16.1 Å². The summed E-state index contributed by atoms with van der Waals surface area (Å²) >= 11 is 0. The molecule has 8 heteroatoms. The molecule has 0 aliphatic carbocycles. The maximum Gasteiger partial charge on any atom is 0.318 e. The lowest BCUT2D eigenvalue weighted by molar-refractivity contribution is -0.118. The van der Waals surface area contributed by atoms with Crippen LogP contribution in [0.4, 0.5) is 10.5 Å². The van der Waals surface area contributed by atoms with Crippen molar-refractivity contribution in [1.29, 1.82) is 0 Å². The molecule has 2 N–H and O–H groups in total. The van der Waals surface area contributed by atoms with Crippen molar-refractivity contribution in [2.24, 2.45) is 0 Å². The van der Waals surface area contributed by atoms with Gasteiger partial charge in [0.2, 0.25) is 0 Å². The number of ether oxygens (including phenoxy) is 2. The Morgan fingerprint density at radius 1 is 0.974 bits per heavy atom. The van der Waals surface area contributed by atoms with E-state index in [9.17, 15) is 9.59 Å². The molecule has 38 heavy (non-hydrogen) atoms. The first kappa shape index (κ1) is 27.5. The molecule has 3 aromatic carbocycles. The van der Waals surface area contributed by atoms with E-state index in [1.54, 1.807) is 36.3 Å². The first-order chi connectivity index (χ1) is 18.2. The normalized spacial score (nSPS) is 16.5. The van der Waals surface area contributed by atoms with Gasteiger partial charge in [-0.1, -0.05) is 42.5 Å². The van der Waals surface area contributed by atoms with Gasteiger partial charge in [-0.25, -0.2) is 14.8 Å². The van der Waals surface area contributed by atoms with Gasteiger partial charge in [0.15, 0.2) is 0 Å². The molecule has 2 atom stereocenters. The Morgan fingerprint density at radius 2 is 1.66 bits per heavy atom. The Kier molecular flexibility index (Phi) is 8.97. The summed E-state index contributed by atoms with van der Waals surface area (Å²) in [7, 11) is 0.729. The van der Waals surface area contributed by atoms with Crippen molar-refractivity contribution in [3.05, 3.63) is 90.0 Å². The molecule has 7 nitrogen and oxygen atoms in total. The zero-order valence-electron chi connectivity index (χ0n) is 22.5. The van der Waals surface area contributed by atoms with Gasteiger partial charge in [0.1, 0.15) is 11.8 Å². The van der Waals surface area contributed by atoms with Crippen LogP contribution in [0.25, 0.3) is 0 Å². The van der Waals surface area contributed by atoms with Crippen molar-refractivity contribution < 1.29 is 19.1 Å². The summed E-state index contributed by atoms with van der Waals surface area (Å²) in [6.07, 6.45) is 7.39. The third-order valence-corrected chi connectivity index (χ3v) is 8.26. The Hall–Kier alpha value is -3.49. The van der Waals surface area contributed by atoms with Crippen LogP contribution in [0.2, 0.25) is 0 Å². The molecule has 0 bridgehead atoms. The number of carbonyl (C=O) groups is 2. The number of methoxy groups -OCH3 is 1. The van der Waals surface area contributed by atoms with E-state index in [2.05, 4.69) is 29.4 Å². The summed E-state index contributed by atoms with van der Waals surface area (Å²) < 4.78 is 11.3. The summed E-state index contributed by atoms with van der Waals surface area (Å²) in [5.74, 6) is 0.368. The fourth-order valence-electron chi connectivity index (χ4n) is 4.31. The molecule has 1 heterocycles. The Morgan fingerprint density at radius 3 is 2.29 bits per heavy atom. The van der Waals surface area contributed by atoms with Crippen LogP contribution in [0.5, 0.6) is 5.75 Å². The van der Waals surface area contributed by atoms with Gasteiger partial charge >= 0.3 is 6.03 Å². The zero-order valence-corrected chi connectivity index (χ0v) is 23.3. The Labute approximate surface area is 226 Å². The molecule has 1 fully saturated rings. The topological polar surface area (TPSA) is 79.9 Å². The number of carbonyl (C=O) groups excluding carboxylic acids is 2. The van der Waals surface area contributed by atoms with Gasteiger partial charge in [0.25, 0.3) is 5.91 Å². The highest BCUT2D eigenvalue weighted by atomic mass is 32.3. The molecule has 1 aliphatic heterocycles. The minimum atomic E-state index is -0.870. The monoisotopic (exact) mass is 535 g/mol. The minimum absolute atomic E-state index is 0.0438. The first-order valence-corrected chi connectivity index (χ1v) is 15.5. The highest BCUT2D eigenvalue weighted by Crippen LogP contribution is 2.45. The number of anilines is 1. The van der Waals surface area contributed by atoms with Crippen LogP contribution >= 0.6 is 10.0 Å². The second-order valence-electron chi connectivity index (χ2n) is 10.2. The van der Waals surface area contributed by atoms with Crippen LogP contribution in [0.1, 0.15) is 23.6 Å². The molecule has 0 saturated carbocycles. The highest BCUT2D eigenvalue weighted by molar-refractivity contribution is 8.32. The lowest BCUT2D eigenvalue weighted by atomic mass is 10.1. The maximum atomic E-state index is 13.4. The summed E-state index contributed by atoms with van der Waals surface area (Å²) in [6, 6.07) is 23.9. The molecular weight excluding hydrogens is 498 g/mol.